The lowest BCUT2D eigenvalue weighted by Crippen LogP contribution is -2.42. The summed E-state index contributed by atoms with van der Waals surface area (Å²) in [6.45, 7) is 3.50. The van der Waals surface area contributed by atoms with Gasteiger partial charge in [0.2, 0.25) is 5.91 Å². The number of carbonyl (C=O) groups excluding carboxylic acids is 2. The number of hydrogen-bond donors (Lipinski definition) is 1. The van der Waals surface area contributed by atoms with Crippen LogP contribution in [0.1, 0.15) is 35.3 Å². The van der Waals surface area contributed by atoms with E-state index in [1.54, 1.807) is 11.7 Å². The monoisotopic (exact) mass is 264 g/mol. The first kappa shape index (κ1) is 13.6. The zero-order valence-corrected chi connectivity index (χ0v) is 11.5. The number of rotatable bonds is 3. The number of nitrogens with one attached hydrogen (secondary N) is 1. The van der Waals surface area contributed by atoms with Crippen molar-refractivity contribution in [1.29, 1.82) is 0 Å². The molecular weight excluding hydrogens is 244 g/mol. The first-order valence-electron chi connectivity index (χ1n) is 6.64. The van der Waals surface area contributed by atoms with Crippen molar-refractivity contribution in [2.75, 3.05) is 19.6 Å². The number of carbonyl (C=O) groups is 2. The van der Waals surface area contributed by atoms with Crippen molar-refractivity contribution >= 4 is 11.8 Å². The predicted octanol–water partition coefficient (Wildman–Crippen LogP) is 0.471. The molecule has 1 aromatic rings. The number of amides is 2. The maximum atomic E-state index is 11.9. The number of aryl methyl sites for hydroxylation is 1. The van der Waals surface area contributed by atoms with Gasteiger partial charge >= 0.3 is 0 Å². The van der Waals surface area contributed by atoms with Crippen LogP contribution in [-0.2, 0) is 11.8 Å². The second-order valence-electron chi connectivity index (χ2n) is 4.89. The number of nitrogens with zero attached hydrogens (tertiary/aromatic N) is 3. The largest absolute Gasteiger partial charge is 0.343 e. The van der Waals surface area contributed by atoms with Gasteiger partial charge in [0.1, 0.15) is 0 Å². The van der Waals surface area contributed by atoms with E-state index in [2.05, 4.69) is 10.4 Å². The highest BCUT2D eigenvalue weighted by Gasteiger charge is 2.18. The molecule has 0 bridgehead atoms. The molecule has 2 heterocycles. The van der Waals surface area contributed by atoms with Crippen molar-refractivity contribution < 1.29 is 9.59 Å². The Morgan fingerprint density at radius 3 is 2.58 bits per heavy atom. The van der Waals surface area contributed by atoms with E-state index in [9.17, 15) is 9.59 Å². The average Bonchev–Trinajstić information content (AvgIpc) is 2.77. The van der Waals surface area contributed by atoms with E-state index in [4.69, 9.17) is 0 Å². The van der Waals surface area contributed by atoms with Gasteiger partial charge in [-0.3, -0.25) is 14.3 Å². The fourth-order valence-corrected chi connectivity index (χ4v) is 2.23. The van der Waals surface area contributed by atoms with Crippen LogP contribution >= 0.6 is 0 Å². The zero-order valence-electron chi connectivity index (χ0n) is 11.5. The molecular formula is C13H20N4O2. The Kier molecular flexibility index (Phi) is 4.19. The molecule has 0 aromatic carbocycles. The van der Waals surface area contributed by atoms with Gasteiger partial charge in [-0.1, -0.05) is 0 Å². The Balaban J connectivity index is 1.86. The highest BCUT2D eigenvalue weighted by molar-refractivity contribution is 5.97. The molecule has 1 aromatic heterocycles. The lowest BCUT2D eigenvalue weighted by atomic mass is 10.1. The molecule has 0 unspecified atom stereocenters. The molecule has 104 valence electrons. The van der Waals surface area contributed by atoms with Crippen LogP contribution in [0.3, 0.4) is 0 Å². The fourth-order valence-electron chi connectivity index (χ4n) is 2.23. The van der Waals surface area contributed by atoms with Crippen LogP contribution < -0.4 is 5.32 Å². The molecule has 6 heteroatoms. The minimum Gasteiger partial charge on any atom is -0.343 e. The van der Waals surface area contributed by atoms with E-state index in [-0.39, 0.29) is 18.4 Å². The Labute approximate surface area is 112 Å². The highest BCUT2D eigenvalue weighted by atomic mass is 16.2. The summed E-state index contributed by atoms with van der Waals surface area (Å²) in [6.07, 6.45) is 4.82. The maximum absolute atomic E-state index is 11.9. The molecule has 1 fully saturated rings. The summed E-state index contributed by atoms with van der Waals surface area (Å²) in [5.74, 6) is -0.245. The summed E-state index contributed by atoms with van der Waals surface area (Å²) >= 11 is 0. The van der Waals surface area contributed by atoms with Crippen LogP contribution in [0, 0.1) is 6.92 Å². The van der Waals surface area contributed by atoms with Crippen molar-refractivity contribution in [3.05, 3.63) is 17.5 Å². The van der Waals surface area contributed by atoms with Crippen molar-refractivity contribution in [2.45, 2.75) is 26.2 Å². The van der Waals surface area contributed by atoms with E-state index in [1.807, 2.05) is 11.8 Å². The molecule has 1 aliphatic heterocycles. The standard InChI is InChI=1S/C13H20N4O2/c1-10-11(8-15-16(10)2)13(19)14-9-12(18)17-6-4-3-5-7-17/h8H,3-7,9H2,1-2H3,(H,14,19). The average molecular weight is 264 g/mol. The van der Waals surface area contributed by atoms with Gasteiger partial charge in [0.25, 0.3) is 5.91 Å². The van der Waals surface area contributed by atoms with Crippen LogP contribution in [-0.4, -0.2) is 46.1 Å². The Bertz CT molecular complexity index is 475. The molecule has 6 nitrogen and oxygen atoms in total. The summed E-state index contributed by atoms with van der Waals surface area (Å²) in [4.78, 5) is 25.7. The molecule has 0 saturated carbocycles. The summed E-state index contributed by atoms with van der Waals surface area (Å²) in [7, 11) is 1.78. The first-order chi connectivity index (χ1) is 9.09. The van der Waals surface area contributed by atoms with E-state index >= 15 is 0 Å². The number of likely N-dealkylation sites (tertiary alicyclic amines) is 1. The lowest BCUT2D eigenvalue weighted by molar-refractivity contribution is -0.130. The van der Waals surface area contributed by atoms with Crippen LogP contribution in [0.25, 0.3) is 0 Å². The van der Waals surface area contributed by atoms with Crippen LogP contribution in [0.5, 0.6) is 0 Å². The minimum absolute atomic E-state index is 0.00501. The number of piperidine rings is 1. The van der Waals surface area contributed by atoms with E-state index in [1.165, 1.54) is 12.6 Å². The van der Waals surface area contributed by atoms with Gasteiger partial charge in [0.15, 0.2) is 0 Å². The number of aromatic nitrogens is 2. The van der Waals surface area contributed by atoms with Crippen LogP contribution in [0.2, 0.25) is 0 Å². The van der Waals surface area contributed by atoms with Crippen molar-refractivity contribution in [3.8, 4) is 0 Å². The minimum atomic E-state index is -0.240. The Morgan fingerprint density at radius 2 is 2.00 bits per heavy atom. The fraction of sp³-hybridized carbons (Fsp3) is 0.615. The van der Waals surface area contributed by atoms with Crippen molar-refractivity contribution in [2.24, 2.45) is 7.05 Å². The molecule has 1 aliphatic rings. The van der Waals surface area contributed by atoms with Gasteiger partial charge in [-0.05, 0) is 26.2 Å². The smallest absolute Gasteiger partial charge is 0.255 e. The Morgan fingerprint density at radius 1 is 1.32 bits per heavy atom. The van der Waals surface area contributed by atoms with Crippen LogP contribution in [0.4, 0.5) is 0 Å². The molecule has 1 saturated heterocycles. The Hall–Kier alpha value is -1.85. The first-order valence-corrected chi connectivity index (χ1v) is 6.64. The molecule has 0 radical (unpaired) electrons. The predicted molar refractivity (Wildman–Crippen MR) is 70.7 cm³/mol. The zero-order chi connectivity index (χ0) is 13.8. The molecule has 1 N–H and O–H groups in total. The third-order valence-corrected chi connectivity index (χ3v) is 3.59. The van der Waals surface area contributed by atoms with Crippen molar-refractivity contribution in [3.63, 3.8) is 0 Å². The maximum Gasteiger partial charge on any atom is 0.255 e. The normalized spacial score (nSPS) is 15.4. The summed E-state index contributed by atoms with van der Waals surface area (Å²) < 4.78 is 1.64. The van der Waals surface area contributed by atoms with Gasteiger partial charge in [0.05, 0.1) is 18.3 Å². The van der Waals surface area contributed by atoms with E-state index < -0.39 is 0 Å². The van der Waals surface area contributed by atoms with Crippen molar-refractivity contribution in [1.82, 2.24) is 20.0 Å². The third-order valence-electron chi connectivity index (χ3n) is 3.59. The summed E-state index contributed by atoms with van der Waals surface area (Å²) in [5.41, 5.74) is 1.32. The van der Waals surface area contributed by atoms with Gasteiger partial charge in [-0.2, -0.15) is 5.10 Å². The van der Waals surface area contributed by atoms with Gasteiger partial charge in [-0.25, -0.2) is 0 Å². The summed E-state index contributed by atoms with van der Waals surface area (Å²) in [6, 6.07) is 0. The molecule has 2 amide bonds. The molecule has 19 heavy (non-hydrogen) atoms. The molecule has 2 rings (SSSR count). The highest BCUT2D eigenvalue weighted by Crippen LogP contribution is 2.08. The molecule has 0 aliphatic carbocycles. The number of hydrogen-bond acceptors (Lipinski definition) is 3. The molecule has 0 spiro atoms. The second kappa shape index (κ2) is 5.86. The van der Waals surface area contributed by atoms with E-state index in [0.717, 1.165) is 31.6 Å². The van der Waals surface area contributed by atoms with Crippen LogP contribution in [0.15, 0.2) is 6.20 Å². The van der Waals surface area contributed by atoms with Gasteiger partial charge < -0.3 is 10.2 Å². The summed E-state index contributed by atoms with van der Waals surface area (Å²) in [5, 5.41) is 6.68. The molecule has 0 atom stereocenters. The quantitative estimate of drug-likeness (QED) is 0.863. The third kappa shape index (κ3) is 3.13. The van der Waals surface area contributed by atoms with Gasteiger partial charge in [-0.15, -0.1) is 0 Å². The lowest BCUT2D eigenvalue weighted by Gasteiger charge is -2.26. The second-order valence-corrected chi connectivity index (χ2v) is 4.89. The van der Waals surface area contributed by atoms with E-state index in [0.29, 0.717) is 5.56 Å². The topological polar surface area (TPSA) is 67.2 Å². The van der Waals surface area contributed by atoms with Gasteiger partial charge in [0, 0.05) is 25.8 Å². The SMILES string of the molecule is Cc1c(C(=O)NCC(=O)N2CCCCC2)cnn1C.